The van der Waals surface area contributed by atoms with Crippen LogP contribution in [0.5, 0.6) is 0 Å². The predicted octanol–water partition coefficient (Wildman–Crippen LogP) is 21.8. The Morgan fingerprint density at radius 2 is 0.531 bits per heavy atom. The number of allylic oxidation sites excluding steroid dienone is 18. The minimum Gasteiger partial charge on any atom is -0.462 e. The summed E-state index contributed by atoms with van der Waals surface area (Å²) in [5.74, 6) is -2.24. The zero-order chi connectivity index (χ0) is 71.8. The van der Waals surface area contributed by atoms with Crippen LogP contribution >= 0.6 is 15.6 Å². The average molecular weight is 1420 g/mol. The molecule has 17 nitrogen and oxygen atoms in total. The van der Waals surface area contributed by atoms with Crippen molar-refractivity contribution in [1.29, 1.82) is 0 Å². The van der Waals surface area contributed by atoms with Crippen molar-refractivity contribution < 1.29 is 80.2 Å². The Bertz CT molecular complexity index is 2290. The summed E-state index contributed by atoms with van der Waals surface area (Å²) in [5.41, 5.74) is 0. The van der Waals surface area contributed by atoms with E-state index >= 15 is 0 Å². The molecule has 3 N–H and O–H groups in total. The Morgan fingerprint density at radius 1 is 0.296 bits per heavy atom. The van der Waals surface area contributed by atoms with E-state index in [9.17, 15) is 43.2 Å². The Kier molecular flexibility index (Phi) is 68.0. The molecule has 98 heavy (non-hydrogen) atoms. The number of carbonyl (C=O) groups excluding carboxylic acids is 4. The highest BCUT2D eigenvalue weighted by atomic mass is 31.2. The van der Waals surface area contributed by atoms with E-state index in [1.54, 1.807) is 0 Å². The Hall–Kier alpha value is -4.28. The number of hydrogen-bond acceptors (Lipinski definition) is 15. The lowest BCUT2D eigenvalue weighted by molar-refractivity contribution is -0.161. The van der Waals surface area contributed by atoms with Crippen LogP contribution < -0.4 is 0 Å². The van der Waals surface area contributed by atoms with Gasteiger partial charge in [-0.05, 0) is 128 Å². The summed E-state index contributed by atoms with van der Waals surface area (Å²) in [6.07, 6.45) is 75.1. The van der Waals surface area contributed by atoms with Crippen LogP contribution in [0.2, 0.25) is 0 Å². The summed E-state index contributed by atoms with van der Waals surface area (Å²) < 4.78 is 68.4. The lowest BCUT2D eigenvalue weighted by atomic mass is 10.1. The summed E-state index contributed by atoms with van der Waals surface area (Å²) in [7, 11) is -9.96. The van der Waals surface area contributed by atoms with E-state index in [4.69, 9.17) is 37.0 Å². The quantitative estimate of drug-likeness (QED) is 0.0169. The molecule has 0 aliphatic rings. The first-order valence-electron chi connectivity index (χ1n) is 38.1. The van der Waals surface area contributed by atoms with Crippen molar-refractivity contribution in [3.8, 4) is 0 Å². The van der Waals surface area contributed by atoms with Crippen molar-refractivity contribution in [3.05, 3.63) is 109 Å². The maximum atomic E-state index is 13.1. The number of aliphatic hydroxyl groups excluding tert-OH is 1. The molecule has 19 heteroatoms. The van der Waals surface area contributed by atoms with E-state index < -0.39 is 97.5 Å². The van der Waals surface area contributed by atoms with Gasteiger partial charge in [0, 0.05) is 25.7 Å². The first-order valence-corrected chi connectivity index (χ1v) is 41.1. The van der Waals surface area contributed by atoms with Gasteiger partial charge in [0.1, 0.15) is 19.3 Å². The fraction of sp³-hybridized carbons (Fsp3) is 0.722. The van der Waals surface area contributed by atoms with Gasteiger partial charge in [0.05, 0.1) is 26.4 Å². The largest absolute Gasteiger partial charge is 0.472 e. The molecule has 0 saturated carbocycles. The Balaban J connectivity index is 5.37. The van der Waals surface area contributed by atoms with Gasteiger partial charge >= 0.3 is 39.5 Å². The van der Waals surface area contributed by atoms with Crippen LogP contribution in [0, 0.1) is 0 Å². The van der Waals surface area contributed by atoms with Crippen LogP contribution in [0.15, 0.2) is 109 Å². The van der Waals surface area contributed by atoms with E-state index in [2.05, 4.69) is 137 Å². The smallest absolute Gasteiger partial charge is 0.462 e. The molecule has 0 aromatic carbocycles. The first kappa shape index (κ1) is 93.7. The molecule has 0 rings (SSSR count). The summed E-state index contributed by atoms with van der Waals surface area (Å²) in [6.45, 7) is 4.55. The molecule has 0 bridgehead atoms. The fourth-order valence-electron chi connectivity index (χ4n) is 9.96. The number of phosphoric ester groups is 2. The second-order valence-electron chi connectivity index (χ2n) is 25.2. The van der Waals surface area contributed by atoms with Crippen LogP contribution in [-0.4, -0.2) is 96.7 Å². The maximum Gasteiger partial charge on any atom is 0.472 e. The van der Waals surface area contributed by atoms with Gasteiger partial charge in [0.25, 0.3) is 0 Å². The zero-order valence-electron chi connectivity index (χ0n) is 61.4. The average Bonchev–Trinajstić information content (AvgIpc) is 0.985. The van der Waals surface area contributed by atoms with Gasteiger partial charge in [-0.1, -0.05) is 265 Å². The van der Waals surface area contributed by atoms with Crippen molar-refractivity contribution in [2.45, 2.75) is 329 Å². The number of ether oxygens (including phenoxy) is 4. The van der Waals surface area contributed by atoms with Gasteiger partial charge in [-0.2, -0.15) is 0 Å². The molecule has 0 radical (unpaired) electrons. The Labute approximate surface area is 594 Å². The minimum absolute atomic E-state index is 0.0753. The number of carbonyl (C=O) groups is 4. The van der Waals surface area contributed by atoms with Gasteiger partial charge in [-0.3, -0.25) is 37.3 Å². The van der Waals surface area contributed by atoms with Crippen LogP contribution in [-0.2, 0) is 65.4 Å². The van der Waals surface area contributed by atoms with E-state index in [1.165, 1.54) is 57.8 Å². The first-order chi connectivity index (χ1) is 47.7. The second kappa shape index (κ2) is 71.1. The van der Waals surface area contributed by atoms with E-state index in [1.807, 2.05) is 0 Å². The van der Waals surface area contributed by atoms with Gasteiger partial charge in [0.15, 0.2) is 12.2 Å². The lowest BCUT2D eigenvalue weighted by Crippen LogP contribution is -2.30. The standard InChI is InChI=1S/C79H136O17P2/c1-5-9-13-17-21-25-29-32-35-36-39-41-45-48-52-56-60-64-77(82)90-70-75(96-79(84)66-62-58-54-50-46-42-38-34-31-27-23-19-15-11-7-3)72-94-98(87,88)92-68-73(80)67-91-97(85,86)93-71-74(95-78(83)65-61-57-53-49-43-28-24-20-16-12-8-4)69-89-76(81)63-59-55-51-47-44-40-37-33-30-26-22-18-14-10-6-2/h9-10,13-14,21-23,25-27,32-35,37-38,44,47,73-75,80H,5-8,11-12,15-20,24,28-31,36,39-43,45-46,48-72H2,1-4H3,(H,85,86)(H,87,88)/b13-9-,14-10-,25-21-,26-22-,27-23-,35-32-,37-33-,38-34-,47-44-. The predicted molar refractivity (Wildman–Crippen MR) is 399 cm³/mol. The molecule has 0 fully saturated rings. The monoisotopic (exact) mass is 1420 g/mol. The maximum absolute atomic E-state index is 13.1. The fourth-order valence-corrected chi connectivity index (χ4v) is 11.5. The van der Waals surface area contributed by atoms with Gasteiger partial charge < -0.3 is 33.8 Å². The lowest BCUT2D eigenvalue weighted by Gasteiger charge is -2.21. The van der Waals surface area contributed by atoms with Gasteiger partial charge in [-0.15, -0.1) is 0 Å². The summed E-state index contributed by atoms with van der Waals surface area (Å²) in [6, 6.07) is 0. The molecular weight excluding hydrogens is 1280 g/mol. The number of aliphatic hydroxyl groups is 1. The zero-order valence-corrected chi connectivity index (χ0v) is 63.2. The van der Waals surface area contributed by atoms with Crippen molar-refractivity contribution >= 4 is 39.5 Å². The second-order valence-corrected chi connectivity index (χ2v) is 28.1. The van der Waals surface area contributed by atoms with Crippen molar-refractivity contribution in [2.24, 2.45) is 0 Å². The van der Waals surface area contributed by atoms with E-state index in [-0.39, 0.29) is 25.7 Å². The molecule has 5 atom stereocenters. The third kappa shape index (κ3) is 70.2. The Morgan fingerprint density at radius 3 is 0.857 bits per heavy atom. The van der Waals surface area contributed by atoms with Crippen molar-refractivity contribution in [3.63, 3.8) is 0 Å². The van der Waals surface area contributed by atoms with Crippen LogP contribution in [0.4, 0.5) is 0 Å². The molecule has 0 aliphatic carbocycles. The molecule has 0 spiro atoms. The highest BCUT2D eigenvalue weighted by molar-refractivity contribution is 7.47. The molecule has 0 aliphatic heterocycles. The van der Waals surface area contributed by atoms with E-state index in [0.29, 0.717) is 25.7 Å². The van der Waals surface area contributed by atoms with Crippen molar-refractivity contribution in [1.82, 2.24) is 0 Å². The molecular formula is C79H136O17P2. The number of phosphoric acid groups is 2. The number of hydrogen-bond donors (Lipinski definition) is 3. The molecule has 0 saturated heterocycles. The highest BCUT2D eigenvalue weighted by Gasteiger charge is 2.30. The van der Waals surface area contributed by atoms with Crippen molar-refractivity contribution in [2.75, 3.05) is 39.6 Å². The van der Waals surface area contributed by atoms with E-state index in [0.717, 1.165) is 173 Å². The third-order valence-electron chi connectivity index (χ3n) is 15.7. The number of unbranched alkanes of at least 4 members (excludes halogenated alkanes) is 27. The topological polar surface area (TPSA) is 237 Å². The molecule has 0 aromatic heterocycles. The highest BCUT2D eigenvalue weighted by Crippen LogP contribution is 2.45. The van der Waals surface area contributed by atoms with Gasteiger partial charge in [-0.25, -0.2) is 9.13 Å². The normalized spacial score (nSPS) is 14.6. The number of esters is 4. The molecule has 0 aromatic rings. The molecule has 5 unspecified atom stereocenters. The number of rotatable bonds is 71. The molecule has 564 valence electrons. The summed E-state index contributed by atoms with van der Waals surface area (Å²) in [4.78, 5) is 72.8. The molecule has 0 amide bonds. The molecule has 0 heterocycles. The summed E-state index contributed by atoms with van der Waals surface area (Å²) >= 11 is 0. The minimum atomic E-state index is -4.98. The summed E-state index contributed by atoms with van der Waals surface area (Å²) in [5, 5.41) is 10.6. The SMILES string of the molecule is CC/C=C\C/C=C\C/C=C\C/C=C\CCCCC(=O)OCC(COP(=O)(O)OCC(O)COP(=O)(O)OCC(COC(=O)CCCCCCCCC/C=C\C/C=C\C/C=C\CC)OC(=O)CCCCCCC/C=C\C/C=C\CCCCC)OC(=O)CCCCCCCCCCCCC. The van der Waals surface area contributed by atoms with Crippen LogP contribution in [0.3, 0.4) is 0 Å². The van der Waals surface area contributed by atoms with Crippen LogP contribution in [0.1, 0.15) is 310 Å². The third-order valence-corrected chi connectivity index (χ3v) is 17.6. The van der Waals surface area contributed by atoms with Gasteiger partial charge in [0.2, 0.25) is 0 Å². The van der Waals surface area contributed by atoms with Crippen LogP contribution in [0.25, 0.3) is 0 Å².